The number of methoxy groups -OCH3 is 4. The van der Waals surface area contributed by atoms with Crippen LogP contribution in [0.4, 0.5) is 0 Å². The molecule has 7 rings (SSSR count). The lowest BCUT2D eigenvalue weighted by Gasteiger charge is -2.28. The predicted octanol–water partition coefficient (Wildman–Crippen LogP) is 17.8. The lowest BCUT2D eigenvalue weighted by Crippen LogP contribution is -2.16. The summed E-state index contributed by atoms with van der Waals surface area (Å²) in [6.07, 6.45) is 4.64. The van der Waals surface area contributed by atoms with Crippen LogP contribution in [0.15, 0.2) is 74.3 Å². The Hall–Kier alpha value is -5.17. The monoisotopic (exact) mass is 1010 g/mol. The van der Waals surface area contributed by atoms with E-state index in [0.717, 1.165) is 44.3 Å². The van der Waals surface area contributed by atoms with Gasteiger partial charge in [-0.05, 0) is 92.7 Å². The fraction of sp³-hybridized carbons (Fsp3) is 0.492. The Kier molecular flexibility index (Phi) is 14.4. The molecule has 2 aliphatic rings. The Morgan fingerprint density at radius 2 is 0.972 bits per heavy atom. The highest BCUT2D eigenvalue weighted by molar-refractivity contribution is 7.43. The fourth-order valence-electron chi connectivity index (χ4n) is 8.73. The summed E-state index contributed by atoms with van der Waals surface area (Å²) in [6, 6.07) is 16.4. The Balaban J connectivity index is 1.55. The van der Waals surface area contributed by atoms with Gasteiger partial charge in [-0.1, -0.05) is 136 Å². The summed E-state index contributed by atoms with van der Waals surface area (Å²) >= 11 is 0. The molecular formula is C59H78O10P2. The van der Waals surface area contributed by atoms with Crippen LogP contribution in [-0.2, 0) is 38.2 Å². The van der Waals surface area contributed by atoms with Crippen molar-refractivity contribution in [2.24, 2.45) is 5.41 Å². The highest BCUT2D eigenvalue weighted by atomic mass is 31.2. The molecule has 1 aliphatic heterocycles. The van der Waals surface area contributed by atoms with E-state index < -0.39 is 27.7 Å². The lowest BCUT2D eigenvalue weighted by molar-refractivity contribution is 0.308. The smallest absolute Gasteiger partial charge is 0.497 e. The number of rotatable bonds is 9. The second-order valence-corrected chi connectivity index (χ2v) is 26.9. The molecule has 0 saturated carbocycles. The number of fused-ring (bicyclic) bond motifs is 4. The van der Waals surface area contributed by atoms with Crippen molar-refractivity contribution in [2.75, 3.05) is 28.4 Å². The fourth-order valence-corrected chi connectivity index (χ4v) is 11.0. The van der Waals surface area contributed by atoms with Crippen molar-refractivity contribution in [1.29, 1.82) is 0 Å². The van der Waals surface area contributed by atoms with Crippen molar-refractivity contribution in [1.82, 2.24) is 0 Å². The molecule has 71 heavy (non-hydrogen) atoms. The maximum absolute atomic E-state index is 7.47. The molecule has 0 bridgehead atoms. The highest BCUT2D eigenvalue weighted by Crippen LogP contribution is 2.60. The zero-order chi connectivity index (χ0) is 52.6. The molecule has 4 aromatic carbocycles. The predicted molar refractivity (Wildman–Crippen MR) is 291 cm³/mol. The van der Waals surface area contributed by atoms with Crippen molar-refractivity contribution >= 4 is 33.9 Å². The third kappa shape index (κ3) is 11.2. The van der Waals surface area contributed by atoms with Gasteiger partial charge in [0.25, 0.3) is 0 Å². The summed E-state index contributed by atoms with van der Waals surface area (Å²) in [6.45, 7) is 39.3. The second kappa shape index (κ2) is 19.0. The van der Waals surface area contributed by atoms with Crippen molar-refractivity contribution < 1.29 is 45.4 Å². The molecule has 0 N–H and O–H groups in total. The number of hydrogen-bond donors (Lipinski definition) is 0. The van der Waals surface area contributed by atoms with Gasteiger partial charge < -0.3 is 45.4 Å². The van der Waals surface area contributed by atoms with Crippen LogP contribution in [0.1, 0.15) is 164 Å². The van der Waals surface area contributed by atoms with Crippen LogP contribution >= 0.6 is 16.8 Å². The molecular weight excluding hydrogens is 931 g/mol. The Labute approximate surface area is 426 Å². The molecule has 384 valence electrons. The molecule has 0 spiro atoms. The standard InChI is InChI=1S/C59H78O10P2/c1-54(2,3)34-23-36(60-19)27-40-41-28-37(61-20)31-45(57(10,11)12)50(41)66-70(64-48(40)25-34)67-51-42(29-38(62-21)32-46(51)58(13,14)15)43-30-39(63-22)33-47(59(16,17)18)52(43)68-71-65-49-26-35(55(4,5)6)24-44(53(49)69-71)56(7,8)9/h23-24,26-33H,25H2,1-22H3. The molecule has 5 aromatic rings. The van der Waals surface area contributed by atoms with Gasteiger partial charge >= 0.3 is 16.8 Å². The van der Waals surface area contributed by atoms with Crippen LogP contribution in [0.2, 0.25) is 0 Å². The molecule has 1 aromatic heterocycles. The topological polar surface area (TPSA) is 100 Å². The molecule has 0 radical (unpaired) electrons. The van der Waals surface area contributed by atoms with E-state index in [2.05, 4.69) is 143 Å². The van der Waals surface area contributed by atoms with Crippen LogP contribution in [-0.4, -0.2) is 28.4 Å². The summed E-state index contributed by atoms with van der Waals surface area (Å²) in [5.41, 5.74) is 7.03. The Morgan fingerprint density at radius 1 is 0.465 bits per heavy atom. The van der Waals surface area contributed by atoms with Gasteiger partial charge in [0.1, 0.15) is 45.8 Å². The van der Waals surface area contributed by atoms with Gasteiger partial charge in [0.2, 0.25) is 0 Å². The van der Waals surface area contributed by atoms with Crippen LogP contribution < -0.4 is 32.3 Å². The van der Waals surface area contributed by atoms with E-state index in [4.69, 9.17) is 45.4 Å². The third-order valence-electron chi connectivity index (χ3n) is 13.1. The molecule has 1 aliphatic carbocycles. The minimum absolute atomic E-state index is 0.125. The van der Waals surface area contributed by atoms with Gasteiger partial charge in [-0.3, -0.25) is 0 Å². The average Bonchev–Trinajstić information content (AvgIpc) is 3.48. The van der Waals surface area contributed by atoms with Crippen molar-refractivity contribution in [3.05, 3.63) is 105 Å². The quantitative estimate of drug-likeness (QED) is 0.133. The molecule has 10 nitrogen and oxygen atoms in total. The minimum atomic E-state index is -2.23. The zero-order valence-electron chi connectivity index (χ0n) is 46.5. The van der Waals surface area contributed by atoms with Gasteiger partial charge in [0.15, 0.2) is 11.5 Å². The van der Waals surface area contributed by atoms with Crippen molar-refractivity contribution in [3.63, 3.8) is 0 Å². The Bertz CT molecular complexity index is 2950. The van der Waals surface area contributed by atoms with E-state index in [0.29, 0.717) is 74.9 Å². The molecule has 2 atom stereocenters. The van der Waals surface area contributed by atoms with Crippen LogP contribution in [0, 0.1) is 5.41 Å². The molecule has 0 saturated heterocycles. The second-order valence-electron chi connectivity index (χ2n) is 24.9. The van der Waals surface area contributed by atoms with E-state index in [-0.39, 0.29) is 21.7 Å². The number of allylic oxidation sites excluding steroid dienone is 2. The maximum atomic E-state index is 7.47. The van der Waals surface area contributed by atoms with E-state index >= 15 is 0 Å². The summed E-state index contributed by atoms with van der Waals surface area (Å²) < 4.78 is 66.9. The number of hydrogen-bond acceptors (Lipinski definition) is 10. The SMILES string of the molecule is COC1=Cc2c(op(Oc3c(-c4cc(OC)cc(C(C)(C)C)c4OP4Oc5cc(C(C)(C)C)cc(C(C)(C)C)c5O4)cc(OC)cc3C(C)(C)C)oc3c(C(C)(C)C)cc(OC)cc23)CC(C(C)(C)C)=C1. The molecule has 12 heteroatoms. The van der Waals surface area contributed by atoms with Crippen LogP contribution in [0.5, 0.6) is 40.2 Å². The van der Waals surface area contributed by atoms with Crippen LogP contribution in [0.25, 0.3) is 28.2 Å². The number of benzene rings is 4. The normalized spacial score (nSPS) is 15.6. The van der Waals surface area contributed by atoms with E-state index in [1.165, 1.54) is 0 Å². The van der Waals surface area contributed by atoms with Crippen molar-refractivity contribution in [2.45, 2.75) is 158 Å². The van der Waals surface area contributed by atoms with Gasteiger partial charge in [-0.2, -0.15) is 0 Å². The first kappa shape index (κ1) is 53.6. The number of ether oxygens (including phenoxy) is 4. The molecule has 2 heterocycles. The highest BCUT2D eigenvalue weighted by Gasteiger charge is 2.40. The van der Waals surface area contributed by atoms with Crippen LogP contribution in [0.3, 0.4) is 0 Å². The van der Waals surface area contributed by atoms with Gasteiger partial charge in [0.05, 0.1) is 28.4 Å². The largest absolute Gasteiger partial charge is 0.530 e. The van der Waals surface area contributed by atoms with E-state index in [1.807, 2.05) is 42.5 Å². The summed E-state index contributed by atoms with van der Waals surface area (Å²) in [7, 11) is 2.53. The zero-order valence-corrected chi connectivity index (χ0v) is 48.2. The molecule has 0 fully saturated rings. The van der Waals surface area contributed by atoms with E-state index in [9.17, 15) is 0 Å². The lowest BCUT2D eigenvalue weighted by atomic mass is 9.80. The first-order valence-corrected chi connectivity index (χ1v) is 26.7. The van der Waals surface area contributed by atoms with E-state index in [1.54, 1.807) is 28.4 Å². The summed E-state index contributed by atoms with van der Waals surface area (Å²) in [5.74, 6) is 5.86. The first-order chi connectivity index (χ1) is 32.7. The minimum Gasteiger partial charge on any atom is -0.497 e. The molecule has 0 amide bonds. The molecule has 2 unspecified atom stereocenters. The third-order valence-corrected chi connectivity index (χ3v) is 15.1. The maximum Gasteiger partial charge on any atom is 0.530 e. The summed E-state index contributed by atoms with van der Waals surface area (Å²) in [4.78, 5) is 0. The van der Waals surface area contributed by atoms with Crippen molar-refractivity contribution in [3.8, 4) is 51.4 Å². The van der Waals surface area contributed by atoms with Gasteiger partial charge in [-0.15, -0.1) is 0 Å². The van der Waals surface area contributed by atoms with Gasteiger partial charge in [-0.25, -0.2) is 0 Å². The summed E-state index contributed by atoms with van der Waals surface area (Å²) in [5, 5.41) is 0.824. The first-order valence-electron chi connectivity index (χ1n) is 24.5. The Morgan fingerprint density at radius 3 is 1.45 bits per heavy atom. The van der Waals surface area contributed by atoms with Gasteiger partial charge in [0, 0.05) is 50.8 Å². The average molecular weight is 1010 g/mol.